The van der Waals surface area contributed by atoms with Gasteiger partial charge in [-0.05, 0) is 73.8 Å². The second-order valence-electron chi connectivity index (χ2n) is 7.27. The number of benzene rings is 2. The smallest absolute Gasteiger partial charge is 0.258 e. The van der Waals surface area contributed by atoms with E-state index in [0.717, 1.165) is 29.0 Å². The van der Waals surface area contributed by atoms with Crippen LogP contribution in [0.5, 0.6) is 5.75 Å². The molecule has 0 bridgehead atoms. The van der Waals surface area contributed by atoms with Crippen LogP contribution in [0, 0.1) is 5.82 Å². The van der Waals surface area contributed by atoms with Gasteiger partial charge in [-0.25, -0.2) is 4.39 Å². The zero-order chi connectivity index (χ0) is 20.9. The minimum atomic E-state index is -0.257. The van der Waals surface area contributed by atoms with Crippen molar-refractivity contribution in [2.75, 3.05) is 13.7 Å². The first-order valence-corrected chi connectivity index (χ1v) is 10.7. The molecule has 30 heavy (non-hydrogen) atoms. The molecule has 4 rings (SSSR count). The molecule has 1 aliphatic rings. The van der Waals surface area contributed by atoms with E-state index in [9.17, 15) is 9.18 Å². The summed E-state index contributed by atoms with van der Waals surface area (Å²) in [7, 11) is 1.88. The van der Waals surface area contributed by atoms with Crippen molar-refractivity contribution in [3.05, 3.63) is 72.2 Å². The Bertz CT molecular complexity index is 1030. The average molecular weight is 426 g/mol. The third kappa shape index (κ3) is 5.23. The fraction of sp³-hybridized carbons (Fsp3) is 0.261. The molecule has 7 heteroatoms. The first-order chi connectivity index (χ1) is 14.6. The van der Waals surface area contributed by atoms with Crippen LogP contribution in [0.15, 0.2) is 65.7 Å². The Labute approximate surface area is 179 Å². The third-order valence-electron chi connectivity index (χ3n) is 4.69. The maximum Gasteiger partial charge on any atom is 0.258 e. The zero-order valence-corrected chi connectivity index (χ0v) is 17.5. The van der Waals surface area contributed by atoms with Gasteiger partial charge in [-0.3, -0.25) is 8.77 Å². The highest BCUT2D eigenvalue weighted by Gasteiger charge is 2.23. The van der Waals surface area contributed by atoms with E-state index < -0.39 is 0 Å². The van der Waals surface area contributed by atoms with E-state index in [-0.39, 0.29) is 18.3 Å². The molecule has 0 saturated heterocycles. The van der Waals surface area contributed by atoms with Gasteiger partial charge >= 0.3 is 0 Å². The lowest BCUT2D eigenvalue weighted by Gasteiger charge is -2.11. The van der Waals surface area contributed by atoms with E-state index in [1.165, 1.54) is 18.0 Å². The summed E-state index contributed by atoms with van der Waals surface area (Å²) < 4.78 is 22.0. The van der Waals surface area contributed by atoms with Crippen LogP contribution in [-0.4, -0.2) is 29.6 Å². The Balaban J connectivity index is 1.52. The zero-order valence-electron chi connectivity index (χ0n) is 16.7. The summed E-state index contributed by atoms with van der Waals surface area (Å²) in [4.78, 5) is 12.8. The summed E-state index contributed by atoms with van der Waals surface area (Å²) in [6.07, 6.45) is 4.10. The highest BCUT2D eigenvalue weighted by molar-refractivity contribution is 7.98. The van der Waals surface area contributed by atoms with Crippen molar-refractivity contribution in [3.63, 3.8) is 0 Å². The number of halogens is 1. The summed E-state index contributed by atoms with van der Waals surface area (Å²) in [6, 6.07) is 16.6. The number of hydrogen-bond donors (Lipinski definition) is 2. The Hall–Kier alpha value is -2.77. The van der Waals surface area contributed by atoms with Crippen molar-refractivity contribution in [1.82, 2.24) is 14.6 Å². The molecule has 1 amide bonds. The van der Waals surface area contributed by atoms with Gasteiger partial charge in [0.05, 0.1) is 5.69 Å². The summed E-state index contributed by atoms with van der Waals surface area (Å²) in [5, 5.41) is 6.04. The molecule has 0 atom stereocenters. The van der Waals surface area contributed by atoms with Crippen LogP contribution in [0.1, 0.15) is 18.4 Å². The fourth-order valence-electron chi connectivity index (χ4n) is 3.12. The van der Waals surface area contributed by atoms with Crippen LogP contribution in [-0.2, 0) is 11.3 Å². The molecular weight excluding hydrogens is 401 g/mol. The van der Waals surface area contributed by atoms with Crippen molar-refractivity contribution in [1.29, 1.82) is 0 Å². The maximum absolute atomic E-state index is 14.4. The Morgan fingerprint density at radius 1 is 1.20 bits per heavy atom. The third-order valence-corrected chi connectivity index (χ3v) is 5.66. The maximum atomic E-state index is 14.4. The molecule has 1 heterocycles. The summed E-state index contributed by atoms with van der Waals surface area (Å²) in [5.41, 5.74) is 2.40. The lowest BCUT2D eigenvalue weighted by atomic mass is 10.1. The van der Waals surface area contributed by atoms with Gasteiger partial charge in [-0.1, -0.05) is 18.2 Å². The number of hydrogen-bond acceptors (Lipinski definition) is 4. The Morgan fingerprint density at radius 3 is 2.80 bits per heavy atom. The Kier molecular flexibility index (Phi) is 6.40. The van der Waals surface area contributed by atoms with Crippen molar-refractivity contribution >= 4 is 17.9 Å². The Morgan fingerprint density at radius 2 is 2.03 bits per heavy atom. The van der Waals surface area contributed by atoms with Crippen molar-refractivity contribution in [2.24, 2.45) is 0 Å². The average Bonchev–Trinajstić information content (AvgIpc) is 3.47. The van der Waals surface area contributed by atoms with Gasteiger partial charge in [0.25, 0.3) is 5.91 Å². The molecule has 0 aliphatic heterocycles. The standard InChI is InChI=1S/C23H24FN3O2S/c1-25-13-16-11-22(20-7-2-3-8-21(20)24)27(14-16)30-19-6-4-5-18(12-19)29-15-23(28)26-17-9-10-17/h2-8,11-12,14,17,25H,9-10,13,15H2,1H3,(H,26,28). The molecule has 1 saturated carbocycles. The highest BCUT2D eigenvalue weighted by Crippen LogP contribution is 2.33. The summed E-state index contributed by atoms with van der Waals surface area (Å²) in [6.45, 7) is 0.690. The van der Waals surface area contributed by atoms with E-state index >= 15 is 0 Å². The number of ether oxygens (including phenoxy) is 1. The molecule has 2 aromatic carbocycles. The van der Waals surface area contributed by atoms with E-state index in [1.807, 2.05) is 53.6 Å². The van der Waals surface area contributed by atoms with Crippen molar-refractivity contribution in [3.8, 4) is 17.0 Å². The van der Waals surface area contributed by atoms with E-state index in [2.05, 4.69) is 10.6 Å². The number of carbonyl (C=O) groups is 1. The molecule has 0 spiro atoms. The van der Waals surface area contributed by atoms with Gasteiger partial charge in [0.1, 0.15) is 11.6 Å². The SMILES string of the molecule is CNCc1cc(-c2ccccc2F)n(Sc2cccc(OCC(=O)NC3CC3)c2)c1. The molecular formula is C23H24FN3O2S. The van der Waals surface area contributed by atoms with Crippen LogP contribution < -0.4 is 15.4 Å². The molecule has 0 unspecified atom stereocenters. The molecule has 1 aromatic heterocycles. The lowest BCUT2D eigenvalue weighted by Crippen LogP contribution is -2.30. The summed E-state index contributed by atoms with van der Waals surface area (Å²) >= 11 is 1.48. The quantitative estimate of drug-likeness (QED) is 0.539. The number of carbonyl (C=O) groups excluding carboxylic acids is 1. The number of nitrogens with one attached hydrogen (secondary N) is 2. The van der Waals surface area contributed by atoms with Crippen LogP contribution >= 0.6 is 11.9 Å². The predicted octanol–water partition coefficient (Wildman–Crippen LogP) is 4.23. The highest BCUT2D eigenvalue weighted by atomic mass is 32.2. The number of aromatic nitrogens is 1. The fourth-order valence-corrected chi connectivity index (χ4v) is 4.09. The number of rotatable bonds is 9. The van der Waals surface area contributed by atoms with Crippen LogP contribution in [0.25, 0.3) is 11.3 Å². The lowest BCUT2D eigenvalue weighted by molar-refractivity contribution is -0.123. The molecule has 2 N–H and O–H groups in total. The minimum Gasteiger partial charge on any atom is -0.484 e. The molecule has 1 fully saturated rings. The molecule has 0 radical (unpaired) electrons. The van der Waals surface area contributed by atoms with Crippen molar-refractivity contribution in [2.45, 2.75) is 30.3 Å². The number of amides is 1. The first-order valence-electron chi connectivity index (χ1n) is 9.93. The molecule has 3 aromatic rings. The largest absolute Gasteiger partial charge is 0.484 e. The van der Waals surface area contributed by atoms with Crippen LogP contribution in [0.2, 0.25) is 0 Å². The van der Waals surface area contributed by atoms with Gasteiger partial charge in [-0.2, -0.15) is 0 Å². The first kappa shape index (κ1) is 20.5. The van der Waals surface area contributed by atoms with Gasteiger partial charge in [0.2, 0.25) is 0 Å². The molecule has 5 nitrogen and oxygen atoms in total. The van der Waals surface area contributed by atoms with Crippen LogP contribution in [0.4, 0.5) is 4.39 Å². The minimum absolute atomic E-state index is 0.000927. The number of nitrogens with zero attached hydrogens (tertiary/aromatic N) is 1. The van der Waals surface area contributed by atoms with E-state index in [0.29, 0.717) is 23.9 Å². The second kappa shape index (κ2) is 9.36. The van der Waals surface area contributed by atoms with Gasteiger partial charge in [-0.15, -0.1) is 0 Å². The molecule has 1 aliphatic carbocycles. The van der Waals surface area contributed by atoms with E-state index in [4.69, 9.17) is 4.74 Å². The monoisotopic (exact) mass is 425 g/mol. The summed E-state index contributed by atoms with van der Waals surface area (Å²) in [5.74, 6) is 0.271. The topological polar surface area (TPSA) is 55.3 Å². The molecule has 156 valence electrons. The van der Waals surface area contributed by atoms with Crippen molar-refractivity contribution < 1.29 is 13.9 Å². The van der Waals surface area contributed by atoms with Gasteiger partial charge < -0.3 is 15.4 Å². The van der Waals surface area contributed by atoms with Gasteiger partial charge in [0, 0.05) is 29.2 Å². The normalized spacial score (nSPS) is 13.3. The van der Waals surface area contributed by atoms with E-state index in [1.54, 1.807) is 12.1 Å². The van der Waals surface area contributed by atoms with Crippen LogP contribution in [0.3, 0.4) is 0 Å². The van der Waals surface area contributed by atoms with Gasteiger partial charge in [0.15, 0.2) is 6.61 Å². The predicted molar refractivity (Wildman–Crippen MR) is 117 cm³/mol. The second-order valence-corrected chi connectivity index (χ2v) is 8.31.